The predicted molar refractivity (Wildman–Crippen MR) is 120 cm³/mol. The molecule has 0 unspecified atom stereocenters. The molecule has 150 valence electrons. The van der Waals surface area contributed by atoms with Gasteiger partial charge in [0.05, 0.1) is 29.1 Å². The number of amides is 1. The Morgan fingerprint density at radius 3 is 2.59 bits per heavy atom. The molecule has 7 heteroatoms. The summed E-state index contributed by atoms with van der Waals surface area (Å²) < 4.78 is 19.8. The minimum absolute atomic E-state index is 0.0496. The SMILES string of the molecule is CCOc1ccc2c(c1)N(C(=O)Cc1ccc(F)cc1)C(C)(C)c1ssc(=S)c1-2. The van der Waals surface area contributed by atoms with Gasteiger partial charge >= 0.3 is 0 Å². The smallest absolute Gasteiger partial charge is 0.232 e. The molecule has 0 spiro atoms. The van der Waals surface area contributed by atoms with Gasteiger partial charge in [0.2, 0.25) is 5.91 Å². The summed E-state index contributed by atoms with van der Waals surface area (Å²) in [4.78, 5) is 16.4. The molecule has 1 aliphatic rings. The largest absolute Gasteiger partial charge is 0.494 e. The number of hydrogen-bond acceptors (Lipinski definition) is 5. The van der Waals surface area contributed by atoms with Gasteiger partial charge in [-0.25, -0.2) is 4.39 Å². The van der Waals surface area contributed by atoms with Gasteiger partial charge in [-0.3, -0.25) is 4.79 Å². The Hall–Kier alpha value is -2.09. The number of ether oxygens (including phenoxy) is 1. The van der Waals surface area contributed by atoms with Crippen molar-refractivity contribution in [1.29, 1.82) is 0 Å². The molecular formula is C22H20FNO2S3. The Morgan fingerprint density at radius 1 is 1.17 bits per heavy atom. The van der Waals surface area contributed by atoms with Crippen LogP contribution in [0.25, 0.3) is 11.1 Å². The van der Waals surface area contributed by atoms with Crippen LogP contribution in [0.4, 0.5) is 10.1 Å². The van der Waals surface area contributed by atoms with Crippen molar-refractivity contribution in [3.63, 3.8) is 0 Å². The first kappa shape index (κ1) is 20.2. The number of fused-ring (bicyclic) bond motifs is 3. The second kappa shape index (κ2) is 7.63. The average molecular weight is 446 g/mol. The summed E-state index contributed by atoms with van der Waals surface area (Å²) >= 11 is 5.62. The van der Waals surface area contributed by atoms with Crippen LogP contribution in [-0.2, 0) is 16.8 Å². The summed E-state index contributed by atoms with van der Waals surface area (Å²) in [5.74, 6) is 0.357. The molecule has 0 aliphatic carbocycles. The normalized spacial score (nSPS) is 14.3. The first-order chi connectivity index (χ1) is 13.8. The topological polar surface area (TPSA) is 29.5 Å². The molecule has 3 aromatic rings. The molecule has 29 heavy (non-hydrogen) atoms. The van der Waals surface area contributed by atoms with Crippen LogP contribution in [0.5, 0.6) is 5.75 Å². The van der Waals surface area contributed by atoms with Crippen molar-refractivity contribution in [3.8, 4) is 16.9 Å². The number of rotatable bonds is 4. The lowest BCUT2D eigenvalue weighted by atomic mass is 9.87. The minimum atomic E-state index is -0.553. The standard InChI is InChI=1S/C22H20FNO2S3/c1-4-26-15-9-10-16-17(12-15)24(18(25)11-13-5-7-14(23)8-6-13)22(2,3)20-19(16)21(27)29-28-20/h5-10,12H,4,11H2,1-3H3. The molecule has 1 amide bonds. The molecule has 0 atom stereocenters. The number of hydrogen-bond donors (Lipinski definition) is 0. The highest BCUT2D eigenvalue weighted by Crippen LogP contribution is 2.52. The van der Waals surface area contributed by atoms with Crippen molar-refractivity contribution in [2.75, 3.05) is 11.5 Å². The number of anilines is 1. The molecule has 2 aromatic carbocycles. The highest BCUT2D eigenvalue weighted by molar-refractivity contribution is 7.80. The zero-order chi connectivity index (χ0) is 20.8. The van der Waals surface area contributed by atoms with Crippen LogP contribution in [0.3, 0.4) is 0 Å². The molecule has 3 nitrogen and oxygen atoms in total. The third-order valence-corrected chi connectivity index (χ3v) is 8.38. The molecule has 0 saturated carbocycles. The number of benzene rings is 2. The van der Waals surface area contributed by atoms with Crippen molar-refractivity contribution in [2.45, 2.75) is 32.7 Å². The van der Waals surface area contributed by atoms with E-state index in [4.69, 9.17) is 17.0 Å². The van der Waals surface area contributed by atoms with Crippen molar-refractivity contribution in [2.24, 2.45) is 0 Å². The van der Waals surface area contributed by atoms with E-state index in [1.807, 2.05) is 43.9 Å². The molecule has 1 aliphatic heterocycles. The molecule has 2 heterocycles. The fraction of sp³-hybridized carbons (Fsp3) is 0.273. The Bertz CT molecular complexity index is 1130. The van der Waals surface area contributed by atoms with Gasteiger partial charge in [0.15, 0.2) is 0 Å². The summed E-state index contributed by atoms with van der Waals surface area (Å²) in [6.07, 6.45) is 0.187. The molecule has 0 N–H and O–H groups in total. The molecule has 0 fully saturated rings. The second-order valence-corrected chi connectivity index (χ2v) is 10.2. The first-order valence-corrected chi connectivity index (χ1v) is 11.9. The highest BCUT2D eigenvalue weighted by Gasteiger charge is 2.43. The third-order valence-electron chi connectivity index (χ3n) is 5.06. The quantitative estimate of drug-likeness (QED) is 0.336. The maximum absolute atomic E-state index is 13.5. The first-order valence-electron chi connectivity index (χ1n) is 9.31. The molecule has 0 saturated heterocycles. The number of halogens is 1. The molecule has 0 radical (unpaired) electrons. The van der Waals surface area contributed by atoms with Crippen LogP contribution in [0, 0.1) is 9.64 Å². The van der Waals surface area contributed by atoms with Crippen LogP contribution in [-0.4, -0.2) is 12.5 Å². The van der Waals surface area contributed by atoms with E-state index >= 15 is 0 Å². The predicted octanol–water partition coefficient (Wildman–Crippen LogP) is 6.57. The number of carbonyl (C=O) groups excluding carboxylic acids is 1. The Labute approximate surface area is 181 Å². The van der Waals surface area contributed by atoms with E-state index in [1.165, 1.54) is 12.1 Å². The summed E-state index contributed by atoms with van der Waals surface area (Å²) in [6.45, 7) is 6.57. The molecular weight excluding hydrogens is 425 g/mol. The zero-order valence-corrected chi connectivity index (χ0v) is 18.8. The van der Waals surface area contributed by atoms with E-state index in [0.29, 0.717) is 6.61 Å². The molecule has 0 bridgehead atoms. The summed E-state index contributed by atoms with van der Waals surface area (Å²) in [5.41, 5.74) is 3.03. The van der Waals surface area contributed by atoms with E-state index in [1.54, 1.807) is 32.8 Å². The monoisotopic (exact) mass is 445 g/mol. The lowest BCUT2D eigenvalue weighted by molar-refractivity contribution is -0.119. The van der Waals surface area contributed by atoms with Gasteiger partial charge in [0, 0.05) is 17.2 Å². The van der Waals surface area contributed by atoms with E-state index < -0.39 is 5.54 Å². The summed E-state index contributed by atoms with van der Waals surface area (Å²) in [5, 5.41) is 0. The van der Waals surface area contributed by atoms with Gasteiger partial charge in [0.1, 0.15) is 15.4 Å². The maximum atomic E-state index is 13.5. The van der Waals surface area contributed by atoms with Crippen molar-refractivity contribution in [1.82, 2.24) is 0 Å². The van der Waals surface area contributed by atoms with Gasteiger partial charge < -0.3 is 9.64 Å². The number of carbonyl (C=O) groups is 1. The lowest BCUT2D eigenvalue weighted by Gasteiger charge is -2.43. The minimum Gasteiger partial charge on any atom is -0.494 e. The molecule has 1 aromatic heterocycles. The zero-order valence-electron chi connectivity index (χ0n) is 16.3. The lowest BCUT2D eigenvalue weighted by Crippen LogP contribution is -2.48. The van der Waals surface area contributed by atoms with Crippen LogP contribution in [0.15, 0.2) is 42.5 Å². The highest BCUT2D eigenvalue weighted by atomic mass is 32.9. The third kappa shape index (κ3) is 3.52. The van der Waals surface area contributed by atoms with Crippen molar-refractivity contribution in [3.05, 3.63) is 62.5 Å². The maximum Gasteiger partial charge on any atom is 0.232 e. The van der Waals surface area contributed by atoms with Crippen LogP contribution >= 0.6 is 32.9 Å². The fourth-order valence-electron chi connectivity index (χ4n) is 3.76. The van der Waals surface area contributed by atoms with Crippen molar-refractivity contribution >= 4 is 44.5 Å². The van der Waals surface area contributed by atoms with Crippen LogP contribution in [0.1, 0.15) is 31.2 Å². The van der Waals surface area contributed by atoms with E-state index in [0.717, 1.165) is 36.8 Å². The van der Waals surface area contributed by atoms with Gasteiger partial charge in [0.25, 0.3) is 0 Å². The van der Waals surface area contributed by atoms with Crippen molar-refractivity contribution < 1.29 is 13.9 Å². The summed E-state index contributed by atoms with van der Waals surface area (Å²) in [6, 6.07) is 11.9. The van der Waals surface area contributed by atoms with Gasteiger partial charge in [-0.05, 0) is 50.6 Å². The molecule has 4 rings (SSSR count). The van der Waals surface area contributed by atoms with Gasteiger partial charge in [-0.15, -0.1) is 0 Å². The average Bonchev–Trinajstić information content (AvgIpc) is 3.06. The Kier molecular flexibility index (Phi) is 5.31. The second-order valence-electron chi connectivity index (χ2n) is 7.36. The van der Waals surface area contributed by atoms with Gasteiger partial charge in [-0.1, -0.05) is 45.0 Å². The fourth-order valence-corrected chi connectivity index (χ4v) is 7.05. The van der Waals surface area contributed by atoms with Crippen LogP contribution in [0.2, 0.25) is 0 Å². The van der Waals surface area contributed by atoms with E-state index in [2.05, 4.69) is 0 Å². The Morgan fingerprint density at radius 2 is 1.90 bits per heavy atom. The van der Waals surface area contributed by atoms with E-state index in [9.17, 15) is 9.18 Å². The van der Waals surface area contributed by atoms with Gasteiger partial charge in [-0.2, -0.15) is 0 Å². The van der Waals surface area contributed by atoms with Crippen LogP contribution < -0.4 is 9.64 Å². The summed E-state index contributed by atoms with van der Waals surface area (Å²) in [7, 11) is 3.19. The van der Waals surface area contributed by atoms with E-state index in [-0.39, 0.29) is 18.1 Å². The Balaban J connectivity index is 1.84. The number of nitrogens with zero attached hydrogens (tertiary/aromatic N) is 1.